The molecule has 1 amide bonds. The van der Waals surface area contributed by atoms with Crippen molar-refractivity contribution in [2.45, 2.75) is 65.4 Å². The molecule has 2 aromatic heterocycles. The molecule has 0 bridgehead atoms. The van der Waals surface area contributed by atoms with Crippen molar-refractivity contribution in [3.8, 4) is 5.82 Å². The monoisotopic (exact) mass is 433 g/mol. The predicted octanol–water partition coefficient (Wildman–Crippen LogP) is 4.40. The molecule has 2 heterocycles. The number of alkyl carbamates (subject to hydrolysis) is 1. The number of carbonyl (C=O) groups is 2. The fraction of sp³-hybridized carbons (Fsp3) is 0.500. The van der Waals surface area contributed by atoms with Gasteiger partial charge in [0.25, 0.3) is 0 Å². The summed E-state index contributed by atoms with van der Waals surface area (Å²) < 4.78 is 7.26. The van der Waals surface area contributed by atoms with E-state index in [1.165, 1.54) is 0 Å². The highest BCUT2D eigenvalue weighted by Crippen LogP contribution is 2.19. The number of ether oxygens (including phenoxy) is 1. The number of amides is 1. The summed E-state index contributed by atoms with van der Waals surface area (Å²) in [6.45, 7) is 11.3. The van der Waals surface area contributed by atoms with E-state index in [1.54, 1.807) is 32.5 Å². The molecular weight excluding hydrogens is 402 g/mol. The van der Waals surface area contributed by atoms with Crippen LogP contribution in [0.3, 0.4) is 0 Å². The van der Waals surface area contributed by atoms with Crippen molar-refractivity contribution in [3.63, 3.8) is 0 Å². The van der Waals surface area contributed by atoms with Crippen molar-refractivity contribution < 1.29 is 19.4 Å². The topological polar surface area (TPSA) is 93.4 Å². The molecule has 0 fully saturated rings. The van der Waals surface area contributed by atoms with Gasteiger partial charge in [-0.1, -0.05) is 0 Å². The third-order valence-electron chi connectivity index (χ3n) is 4.30. The number of thioether (sulfide) groups is 1. The molecule has 164 valence electrons. The lowest BCUT2D eigenvalue weighted by atomic mass is 10.2. The van der Waals surface area contributed by atoms with Crippen LogP contribution < -0.4 is 5.32 Å². The van der Waals surface area contributed by atoms with Crippen LogP contribution >= 0.6 is 11.8 Å². The first-order valence-corrected chi connectivity index (χ1v) is 11.0. The number of hydrogen-bond donors (Lipinski definition) is 2. The number of nitrogens with one attached hydrogen (secondary N) is 1. The maximum atomic E-state index is 11.9. The van der Waals surface area contributed by atoms with Crippen molar-refractivity contribution in [1.82, 2.24) is 14.9 Å². The number of pyridine rings is 1. The Balaban J connectivity index is 1.94. The molecule has 0 aliphatic carbocycles. The van der Waals surface area contributed by atoms with Crippen molar-refractivity contribution >= 4 is 23.8 Å². The Bertz CT molecular complexity index is 883. The minimum atomic E-state index is -1.07. The summed E-state index contributed by atoms with van der Waals surface area (Å²) in [6, 6.07) is 7.24. The fourth-order valence-electron chi connectivity index (χ4n) is 3.02. The van der Waals surface area contributed by atoms with Gasteiger partial charge in [0.15, 0.2) is 0 Å². The van der Waals surface area contributed by atoms with Crippen LogP contribution in [0.15, 0.2) is 24.3 Å². The zero-order chi connectivity index (χ0) is 22.5. The molecule has 2 N–H and O–H groups in total. The third kappa shape index (κ3) is 7.09. The van der Waals surface area contributed by atoms with Crippen molar-refractivity contribution in [1.29, 1.82) is 0 Å². The number of aryl methyl sites for hydroxylation is 3. The molecule has 7 nitrogen and oxygen atoms in total. The Labute approximate surface area is 182 Å². The highest BCUT2D eigenvalue weighted by molar-refractivity contribution is 7.98. The molecule has 0 saturated heterocycles. The van der Waals surface area contributed by atoms with E-state index in [2.05, 4.69) is 41.9 Å². The first-order valence-electron chi connectivity index (χ1n) is 9.89. The second-order valence-corrected chi connectivity index (χ2v) is 9.43. The van der Waals surface area contributed by atoms with Gasteiger partial charge < -0.3 is 19.7 Å². The zero-order valence-corrected chi connectivity index (χ0v) is 19.3. The molecular formula is C22H31N3O4S. The fourth-order valence-corrected chi connectivity index (χ4v) is 3.93. The van der Waals surface area contributed by atoms with Crippen LogP contribution in [0.4, 0.5) is 4.79 Å². The van der Waals surface area contributed by atoms with Gasteiger partial charge in [-0.05, 0) is 83.5 Å². The average Bonchev–Trinajstić information content (AvgIpc) is 2.93. The molecule has 0 aromatic carbocycles. The normalized spacial score (nSPS) is 12.5. The Morgan fingerprint density at radius 2 is 1.83 bits per heavy atom. The van der Waals surface area contributed by atoms with Crippen molar-refractivity contribution in [2.24, 2.45) is 0 Å². The number of aromatic nitrogens is 2. The summed E-state index contributed by atoms with van der Waals surface area (Å²) in [7, 11) is 0. The van der Waals surface area contributed by atoms with Gasteiger partial charge in [-0.2, -0.15) is 11.8 Å². The standard InChI is InChI=1S/C22H31N3O4S/c1-14-11-17(23-19(12-14)25-15(2)7-8-16(25)3)13-30-10-9-18(20(26)27)24-21(28)29-22(4,5)6/h7-8,11-12,18H,9-10,13H2,1-6H3,(H,24,28)(H,26,27)/t18-/m1/s1. The number of aliphatic carboxylic acids is 1. The van der Waals surface area contributed by atoms with Gasteiger partial charge in [0, 0.05) is 17.1 Å². The predicted molar refractivity (Wildman–Crippen MR) is 119 cm³/mol. The molecule has 0 unspecified atom stereocenters. The van der Waals surface area contributed by atoms with Crippen LogP contribution in [0, 0.1) is 20.8 Å². The number of carbonyl (C=O) groups excluding carboxylic acids is 1. The molecule has 2 aromatic rings. The highest BCUT2D eigenvalue weighted by Gasteiger charge is 2.23. The summed E-state index contributed by atoms with van der Waals surface area (Å²) in [5.41, 5.74) is 3.64. The van der Waals surface area contributed by atoms with Gasteiger partial charge in [0.2, 0.25) is 0 Å². The number of rotatable bonds is 8. The van der Waals surface area contributed by atoms with E-state index in [0.29, 0.717) is 17.9 Å². The number of nitrogens with zero attached hydrogens (tertiary/aromatic N) is 2. The maximum Gasteiger partial charge on any atom is 0.408 e. The van der Waals surface area contributed by atoms with Gasteiger partial charge >= 0.3 is 12.1 Å². The molecule has 0 radical (unpaired) electrons. The molecule has 0 saturated carbocycles. The Morgan fingerprint density at radius 3 is 2.40 bits per heavy atom. The minimum Gasteiger partial charge on any atom is -0.480 e. The van der Waals surface area contributed by atoms with Gasteiger partial charge in [-0.3, -0.25) is 0 Å². The molecule has 0 spiro atoms. The van der Waals surface area contributed by atoms with Crippen LogP contribution in [0.25, 0.3) is 5.82 Å². The Morgan fingerprint density at radius 1 is 1.20 bits per heavy atom. The summed E-state index contributed by atoms with van der Waals surface area (Å²) in [6.07, 6.45) is -0.421. The van der Waals surface area contributed by atoms with Crippen molar-refractivity contribution in [3.05, 3.63) is 46.9 Å². The smallest absolute Gasteiger partial charge is 0.408 e. The van der Waals surface area contributed by atoms with Crippen LogP contribution in [-0.2, 0) is 15.3 Å². The lowest BCUT2D eigenvalue weighted by molar-refractivity contribution is -0.139. The zero-order valence-electron chi connectivity index (χ0n) is 18.5. The van der Waals surface area contributed by atoms with Crippen LogP contribution in [0.5, 0.6) is 0 Å². The van der Waals surface area contributed by atoms with Crippen LogP contribution in [0.2, 0.25) is 0 Å². The molecule has 1 atom stereocenters. The quantitative estimate of drug-likeness (QED) is 0.600. The average molecular weight is 434 g/mol. The number of carboxylic acids is 1. The van der Waals surface area contributed by atoms with E-state index >= 15 is 0 Å². The van der Waals surface area contributed by atoms with E-state index in [0.717, 1.165) is 28.5 Å². The van der Waals surface area contributed by atoms with Crippen molar-refractivity contribution in [2.75, 3.05) is 5.75 Å². The molecule has 8 heteroatoms. The number of carboxylic acid groups (broad SMARTS) is 1. The third-order valence-corrected chi connectivity index (χ3v) is 5.32. The SMILES string of the molecule is Cc1cc(CSCC[C@@H](NC(=O)OC(C)(C)C)C(=O)O)nc(-n2c(C)ccc2C)c1. The minimum absolute atomic E-state index is 0.299. The van der Waals surface area contributed by atoms with Gasteiger partial charge in [-0.25, -0.2) is 14.6 Å². The Kier molecular flexibility index (Phi) is 7.95. The first kappa shape index (κ1) is 23.8. The summed E-state index contributed by atoms with van der Waals surface area (Å²) >= 11 is 1.59. The van der Waals surface area contributed by atoms with Crippen LogP contribution in [-0.4, -0.2) is 44.1 Å². The molecule has 0 aliphatic rings. The summed E-state index contributed by atoms with van der Waals surface area (Å²) in [5.74, 6) is 1.04. The lowest BCUT2D eigenvalue weighted by Gasteiger charge is -2.22. The lowest BCUT2D eigenvalue weighted by Crippen LogP contribution is -2.43. The largest absolute Gasteiger partial charge is 0.480 e. The molecule has 2 rings (SSSR count). The van der Waals surface area contributed by atoms with Gasteiger partial charge in [0.1, 0.15) is 17.5 Å². The van der Waals surface area contributed by atoms with E-state index in [4.69, 9.17) is 9.72 Å². The number of hydrogen-bond acceptors (Lipinski definition) is 5. The summed E-state index contributed by atoms with van der Waals surface area (Å²) in [5, 5.41) is 11.8. The van der Waals surface area contributed by atoms with E-state index in [9.17, 15) is 14.7 Å². The summed E-state index contributed by atoms with van der Waals surface area (Å²) in [4.78, 5) is 28.1. The second-order valence-electron chi connectivity index (χ2n) is 8.32. The maximum absolute atomic E-state index is 11.9. The van der Waals surface area contributed by atoms with Gasteiger partial charge in [0.05, 0.1) is 5.69 Å². The van der Waals surface area contributed by atoms with E-state index < -0.39 is 23.7 Å². The van der Waals surface area contributed by atoms with E-state index in [-0.39, 0.29) is 0 Å². The van der Waals surface area contributed by atoms with E-state index in [1.807, 2.05) is 13.0 Å². The molecule has 0 aliphatic heterocycles. The Hall–Kier alpha value is -2.48. The highest BCUT2D eigenvalue weighted by atomic mass is 32.2. The second kappa shape index (κ2) is 10.0. The molecule has 30 heavy (non-hydrogen) atoms. The van der Waals surface area contributed by atoms with Gasteiger partial charge in [-0.15, -0.1) is 0 Å². The van der Waals surface area contributed by atoms with Crippen LogP contribution in [0.1, 0.15) is 49.8 Å². The first-order chi connectivity index (χ1) is 14.0.